The van der Waals surface area contributed by atoms with E-state index in [1.807, 2.05) is 37.4 Å². The number of fused-ring (bicyclic) bond motifs is 1. The molecule has 9 heteroatoms. The number of amidine groups is 1. The number of methoxy groups -OCH3 is 2. The van der Waals surface area contributed by atoms with E-state index in [1.165, 1.54) is 16.4 Å². The smallest absolute Gasteiger partial charge is 0.283 e. The predicted octanol–water partition coefficient (Wildman–Crippen LogP) is 1.31. The van der Waals surface area contributed by atoms with Crippen molar-refractivity contribution in [1.29, 1.82) is 0 Å². The molecule has 1 aliphatic rings. The van der Waals surface area contributed by atoms with Crippen LogP contribution >= 0.6 is 11.8 Å². The van der Waals surface area contributed by atoms with Gasteiger partial charge >= 0.3 is 0 Å². The van der Waals surface area contributed by atoms with Crippen molar-refractivity contribution >= 4 is 22.6 Å². The minimum absolute atomic E-state index is 0.146. The lowest BCUT2D eigenvalue weighted by Gasteiger charge is -2.29. The average Bonchev–Trinajstić information content (AvgIpc) is 2.66. The molecule has 1 aromatic heterocycles. The second-order valence-electron chi connectivity index (χ2n) is 5.63. The molecule has 0 amide bonds. The third-order valence-corrected chi connectivity index (χ3v) is 4.89. The Morgan fingerprint density at radius 3 is 2.69 bits per heavy atom. The van der Waals surface area contributed by atoms with E-state index in [1.54, 1.807) is 25.4 Å². The highest BCUT2D eigenvalue weighted by molar-refractivity contribution is 8.14. The number of hydrazine groups is 1. The van der Waals surface area contributed by atoms with Gasteiger partial charge in [0.1, 0.15) is 4.90 Å². The second-order valence-corrected chi connectivity index (χ2v) is 6.63. The molecule has 2 heterocycles. The number of benzene rings is 1. The van der Waals surface area contributed by atoms with Gasteiger partial charge in [-0.05, 0) is 17.3 Å². The monoisotopic (exact) mass is 375 g/mol. The number of nitrogens with one attached hydrogen (secondary N) is 1. The van der Waals surface area contributed by atoms with E-state index in [0.29, 0.717) is 23.2 Å². The Bertz CT molecular complexity index is 836. The first-order valence-corrected chi connectivity index (χ1v) is 8.86. The Morgan fingerprint density at radius 1 is 1.27 bits per heavy atom. The van der Waals surface area contributed by atoms with Gasteiger partial charge < -0.3 is 9.47 Å². The number of anilines is 1. The summed E-state index contributed by atoms with van der Waals surface area (Å²) in [5.74, 6) is 0. The Hall–Kier alpha value is -2.36. The first-order valence-electron chi connectivity index (χ1n) is 8.04. The zero-order valence-corrected chi connectivity index (χ0v) is 15.7. The number of nitrogens with zero attached hydrogens (tertiary/aromatic N) is 4. The van der Waals surface area contributed by atoms with Crippen LogP contribution in [0, 0.1) is 0 Å². The van der Waals surface area contributed by atoms with E-state index in [2.05, 4.69) is 15.5 Å². The van der Waals surface area contributed by atoms with Crippen molar-refractivity contribution in [2.75, 3.05) is 32.8 Å². The highest BCUT2D eigenvalue weighted by atomic mass is 32.2. The van der Waals surface area contributed by atoms with Crippen LogP contribution < -0.4 is 16.0 Å². The van der Waals surface area contributed by atoms with Crippen molar-refractivity contribution in [3.63, 3.8) is 0 Å². The standard InChI is InChI=1S/C17H21N5O3S/c1-21-13-9-19-22(11-12-7-5-4-6-8-12)16(23)15(13)26-17(20-21)18-10-14(24-2)25-3/h4-9,14H,10-11H2,1-3H3,(H,18,20). The quantitative estimate of drug-likeness (QED) is 0.763. The van der Waals surface area contributed by atoms with Crippen molar-refractivity contribution in [1.82, 2.24) is 15.2 Å². The van der Waals surface area contributed by atoms with E-state index in [0.717, 1.165) is 11.3 Å². The van der Waals surface area contributed by atoms with Crippen LogP contribution in [0.1, 0.15) is 5.56 Å². The summed E-state index contributed by atoms with van der Waals surface area (Å²) in [6, 6.07) is 9.77. The molecule has 0 saturated carbocycles. The highest BCUT2D eigenvalue weighted by Gasteiger charge is 2.24. The molecule has 0 radical (unpaired) electrons. The molecular formula is C17H21N5O3S. The summed E-state index contributed by atoms with van der Waals surface area (Å²) in [5.41, 5.74) is 4.71. The minimum atomic E-state index is -0.427. The highest BCUT2D eigenvalue weighted by Crippen LogP contribution is 2.29. The molecule has 138 valence electrons. The number of aromatic nitrogens is 2. The lowest BCUT2D eigenvalue weighted by Crippen LogP contribution is -2.44. The molecule has 1 N–H and O–H groups in total. The molecule has 8 nitrogen and oxygen atoms in total. The van der Waals surface area contributed by atoms with Crippen LogP contribution in [0.15, 0.2) is 51.2 Å². The number of ether oxygens (including phenoxy) is 2. The van der Waals surface area contributed by atoms with Crippen LogP contribution in [-0.2, 0) is 16.0 Å². The molecule has 1 aromatic carbocycles. The maximum atomic E-state index is 12.9. The molecule has 0 unspecified atom stereocenters. The van der Waals surface area contributed by atoms with Gasteiger partial charge in [-0.2, -0.15) is 5.10 Å². The van der Waals surface area contributed by atoms with Crippen molar-refractivity contribution < 1.29 is 9.47 Å². The molecular weight excluding hydrogens is 354 g/mol. The minimum Gasteiger partial charge on any atom is -0.354 e. The van der Waals surface area contributed by atoms with E-state index in [-0.39, 0.29) is 5.56 Å². The molecule has 0 atom stereocenters. The zero-order valence-electron chi connectivity index (χ0n) is 14.9. The summed E-state index contributed by atoms with van der Waals surface area (Å²) in [6.07, 6.45) is 1.26. The Kier molecular flexibility index (Phi) is 5.92. The normalized spacial score (nSPS) is 15.2. The maximum Gasteiger partial charge on any atom is 0.283 e. The number of thioether (sulfide) groups is 1. The van der Waals surface area contributed by atoms with Gasteiger partial charge in [-0.3, -0.25) is 20.2 Å². The van der Waals surface area contributed by atoms with Gasteiger partial charge in [-0.25, -0.2) is 4.68 Å². The number of aliphatic imine (C=N–C) groups is 1. The lowest BCUT2D eigenvalue weighted by atomic mass is 10.2. The van der Waals surface area contributed by atoms with Crippen LogP contribution in [-0.4, -0.2) is 49.1 Å². The van der Waals surface area contributed by atoms with E-state index in [9.17, 15) is 4.79 Å². The molecule has 3 rings (SSSR count). The van der Waals surface area contributed by atoms with Crippen LogP contribution in [0.3, 0.4) is 0 Å². The van der Waals surface area contributed by atoms with Crippen molar-refractivity contribution in [2.45, 2.75) is 17.7 Å². The van der Waals surface area contributed by atoms with Crippen LogP contribution in [0.2, 0.25) is 0 Å². The summed E-state index contributed by atoms with van der Waals surface area (Å²) >= 11 is 1.29. The largest absolute Gasteiger partial charge is 0.354 e. The first kappa shape index (κ1) is 18.4. The van der Waals surface area contributed by atoms with Gasteiger partial charge in [-0.15, -0.1) is 0 Å². The fourth-order valence-corrected chi connectivity index (χ4v) is 3.46. The van der Waals surface area contributed by atoms with Crippen LogP contribution in [0.5, 0.6) is 0 Å². The molecule has 26 heavy (non-hydrogen) atoms. The van der Waals surface area contributed by atoms with Gasteiger partial charge in [-0.1, -0.05) is 30.3 Å². The second kappa shape index (κ2) is 8.35. The Labute approximate surface area is 155 Å². The zero-order chi connectivity index (χ0) is 18.5. The molecule has 2 aromatic rings. The topological polar surface area (TPSA) is 81.0 Å². The fraction of sp³-hybridized carbons (Fsp3) is 0.353. The SMILES string of the molecule is COC(CN=C1NN(C)c2cnn(Cc3ccccc3)c(=O)c2S1)OC. The van der Waals surface area contributed by atoms with Gasteiger partial charge in [0.15, 0.2) is 11.5 Å². The number of rotatable bonds is 6. The molecule has 0 spiro atoms. The Morgan fingerprint density at radius 2 is 2.00 bits per heavy atom. The van der Waals surface area contributed by atoms with Crippen molar-refractivity contribution in [2.24, 2.45) is 4.99 Å². The summed E-state index contributed by atoms with van der Waals surface area (Å²) in [7, 11) is 4.94. The fourth-order valence-electron chi connectivity index (χ4n) is 2.46. The molecule has 0 fully saturated rings. The van der Waals surface area contributed by atoms with E-state index >= 15 is 0 Å². The third kappa shape index (κ3) is 4.06. The van der Waals surface area contributed by atoms with Gasteiger partial charge in [0.2, 0.25) is 0 Å². The summed E-state index contributed by atoms with van der Waals surface area (Å²) in [4.78, 5) is 17.9. The molecule has 0 aliphatic carbocycles. The molecule has 0 saturated heterocycles. The average molecular weight is 375 g/mol. The van der Waals surface area contributed by atoms with Crippen LogP contribution in [0.25, 0.3) is 0 Å². The third-order valence-electron chi connectivity index (χ3n) is 3.89. The maximum absolute atomic E-state index is 12.9. The van der Waals surface area contributed by atoms with E-state index < -0.39 is 6.29 Å². The number of hydrogen-bond acceptors (Lipinski definition) is 7. The summed E-state index contributed by atoms with van der Waals surface area (Å²) in [5, 5.41) is 6.63. The summed E-state index contributed by atoms with van der Waals surface area (Å²) < 4.78 is 11.7. The van der Waals surface area contributed by atoms with Gasteiger partial charge in [0.25, 0.3) is 5.56 Å². The van der Waals surface area contributed by atoms with E-state index in [4.69, 9.17) is 9.47 Å². The molecule has 1 aliphatic heterocycles. The van der Waals surface area contributed by atoms with Gasteiger partial charge in [0, 0.05) is 21.3 Å². The predicted molar refractivity (Wildman–Crippen MR) is 102 cm³/mol. The molecule has 0 bridgehead atoms. The lowest BCUT2D eigenvalue weighted by molar-refractivity contribution is -0.0936. The Balaban J connectivity index is 1.86. The van der Waals surface area contributed by atoms with Crippen LogP contribution in [0.4, 0.5) is 5.69 Å². The van der Waals surface area contributed by atoms with Crippen molar-refractivity contribution in [3.8, 4) is 0 Å². The van der Waals surface area contributed by atoms with Crippen molar-refractivity contribution in [3.05, 3.63) is 52.4 Å². The van der Waals surface area contributed by atoms with Gasteiger partial charge in [0.05, 0.1) is 25.0 Å². The first-order chi connectivity index (χ1) is 12.6. The summed E-state index contributed by atoms with van der Waals surface area (Å²) in [6.45, 7) is 0.751. The number of hydrogen-bond donors (Lipinski definition) is 1.